The van der Waals surface area contributed by atoms with Crippen molar-refractivity contribution < 1.29 is 4.39 Å². The molecule has 2 saturated carbocycles. The third kappa shape index (κ3) is 3.01. The van der Waals surface area contributed by atoms with E-state index in [1.54, 1.807) is 0 Å². The maximum Gasteiger partial charge on any atom is 0.124 e. The fourth-order valence-corrected chi connectivity index (χ4v) is 4.53. The lowest BCUT2D eigenvalue weighted by molar-refractivity contribution is 0.281. The highest BCUT2D eigenvalue weighted by atomic mass is 35.5. The van der Waals surface area contributed by atoms with Gasteiger partial charge >= 0.3 is 0 Å². The van der Waals surface area contributed by atoms with E-state index in [4.69, 9.17) is 11.6 Å². The molecule has 0 radical (unpaired) electrons. The molecule has 0 spiro atoms. The fraction of sp³-hybridized carbons (Fsp3) is 0.647. The highest BCUT2D eigenvalue weighted by Crippen LogP contribution is 2.50. The van der Waals surface area contributed by atoms with Crippen LogP contribution in [0.1, 0.15) is 37.7 Å². The number of hydrogen-bond donors (Lipinski definition) is 1. The van der Waals surface area contributed by atoms with Crippen molar-refractivity contribution in [1.29, 1.82) is 0 Å². The van der Waals surface area contributed by atoms with Crippen molar-refractivity contribution in [2.24, 2.45) is 17.8 Å². The Labute approximate surface area is 125 Å². The van der Waals surface area contributed by atoms with Crippen LogP contribution in [0.25, 0.3) is 0 Å². The van der Waals surface area contributed by atoms with Gasteiger partial charge in [-0.1, -0.05) is 24.1 Å². The van der Waals surface area contributed by atoms with Crippen LogP contribution in [-0.2, 0) is 6.42 Å². The summed E-state index contributed by atoms with van der Waals surface area (Å²) in [6, 6.07) is 5.19. The van der Waals surface area contributed by atoms with E-state index in [2.05, 4.69) is 5.32 Å². The van der Waals surface area contributed by atoms with Crippen LogP contribution >= 0.6 is 11.6 Å². The number of rotatable bonds is 5. The molecular weight excluding hydrogens is 273 g/mol. The molecule has 110 valence electrons. The summed E-state index contributed by atoms with van der Waals surface area (Å²) in [5, 5.41) is 3.98. The van der Waals surface area contributed by atoms with Gasteiger partial charge in [-0.3, -0.25) is 0 Å². The average molecular weight is 296 g/mol. The van der Waals surface area contributed by atoms with Gasteiger partial charge in [0, 0.05) is 11.1 Å². The molecule has 0 heterocycles. The van der Waals surface area contributed by atoms with E-state index >= 15 is 0 Å². The van der Waals surface area contributed by atoms with E-state index in [9.17, 15) is 4.39 Å². The Morgan fingerprint density at radius 1 is 1.35 bits per heavy atom. The van der Waals surface area contributed by atoms with Crippen LogP contribution in [0.15, 0.2) is 18.2 Å². The van der Waals surface area contributed by atoms with Crippen LogP contribution in [0.5, 0.6) is 0 Å². The molecule has 0 saturated heterocycles. The molecule has 3 rings (SSSR count). The van der Waals surface area contributed by atoms with Crippen molar-refractivity contribution in [1.82, 2.24) is 5.32 Å². The molecule has 1 aromatic carbocycles. The number of hydrogen-bond acceptors (Lipinski definition) is 1. The first kappa shape index (κ1) is 14.3. The summed E-state index contributed by atoms with van der Waals surface area (Å²) in [5.41, 5.74) is 1.05. The largest absolute Gasteiger partial charge is 0.317 e. The fourth-order valence-electron chi connectivity index (χ4n) is 4.29. The smallest absolute Gasteiger partial charge is 0.124 e. The Hall–Kier alpha value is -0.600. The lowest BCUT2D eigenvalue weighted by Crippen LogP contribution is -2.31. The average Bonchev–Trinajstić information content (AvgIpc) is 3.03. The third-order valence-electron chi connectivity index (χ3n) is 5.36. The van der Waals surface area contributed by atoms with Gasteiger partial charge in [-0.05, 0) is 74.6 Å². The number of likely N-dealkylation sites (N-methyl/N-ethyl adjacent to an activating group) is 1. The van der Waals surface area contributed by atoms with E-state index in [-0.39, 0.29) is 5.82 Å². The molecular formula is C17H23ClFN. The minimum absolute atomic E-state index is 0.257. The van der Waals surface area contributed by atoms with E-state index in [0.29, 0.717) is 11.1 Å². The van der Waals surface area contributed by atoms with Gasteiger partial charge in [0.25, 0.3) is 0 Å². The molecule has 0 aliphatic heterocycles. The molecule has 0 amide bonds. The standard InChI is InChI=1S/C17H23ClFN/c1-20-16(8-13-4-5-15(19)10-17(13)18)9-14-7-11-2-3-12(14)6-11/h4-5,10-12,14,16,20H,2-3,6-9H2,1H3. The molecule has 2 fully saturated rings. The Balaban J connectivity index is 1.62. The summed E-state index contributed by atoms with van der Waals surface area (Å²) >= 11 is 6.14. The Bertz CT molecular complexity index is 476. The zero-order valence-electron chi connectivity index (χ0n) is 12.0. The zero-order chi connectivity index (χ0) is 14.1. The van der Waals surface area contributed by atoms with Crippen LogP contribution in [0.2, 0.25) is 5.02 Å². The van der Waals surface area contributed by atoms with Crippen LogP contribution in [0.4, 0.5) is 4.39 Å². The number of halogens is 2. The molecule has 3 heteroatoms. The highest BCUT2D eigenvalue weighted by Gasteiger charge is 2.39. The minimum atomic E-state index is -0.257. The van der Waals surface area contributed by atoms with E-state index in [1.807, 2.05) is 13.1 Å². The molecule has 4 atom stereocenters. The molecule has 1 aromatic rings. The SMILES string of the molecule is CNC(Cc1ccc(F)cc1Cl)CC1CC2CCC1C2. The molecule has 0 aromatic heterocycles. The highest BCUT2D eigenvalue weighted by molar-refractivity contribution is 6.31. The summed E-state index contributed by atoms with van der Waals surface area (Å²) in [7, 11) is 2.02. The monoisotopic (exact) mass is 295 g/mol. The Kier molecular flexibility index (Phi) is 4.32. The lowest BCUT2D eigenvalue weighted by Gasteiger charge is -2.27. The van der Waals surface area contributed by atoms with Crippen molar-refractivity contribution in [3.8, 4) is 0 Å². The Morgan fingerprint density at radius 2 is 2.20 bits per heavy atom. The summed E-state index contributed by atoms with van der Waals surface area (Å²) in [5.74, 6) is 2.58. The lowest BCUT2D eigenvalue weighted by atomic mass is 9.83. The van der Waals surface area contributed by atoms with Gasteiger partial charge in [0.1, 0.15) is 5.82 Å². The molecule has 2 bridgehead atoms. The van der Waals surface area contributed by atoms with Gasteiger partial charge in [-0.2, -0.15) is 0 Å². The predicted octanol–water partition coefficient (Wildman–Crippen LogP) is 4.44. The first-order chi connectivity index (χ1) is 9.65. The molecule has 1 nitrogen and oxygen atoms in total. The third-order valence-corrected chi connectivity index (χ3v) is 5.71. The zero-order valence-corrected chi connectivity index (χ0v) is 12.8. The van der Waals surface area contributed by atoms with Crippen LogP contribution in [0, 0.1) is 23.6 Å². The first-order valence-corrected chi connectivity index (χ1v) is 8.14. The van der Waals surface area contributed by atoms with E-state index < -0.39 is 0 Å². The topological polar surface area (TPSA) is 12.0 Å². The second kappa shape index (κ2) is 6.03. The summed E-state index contributed by atoms with van der Waals surface area (Å²) in [6.07, 6.45) is 7.88. The second-order valence-electron chi connectivity index (χ2n) is 6.60. The number of benzene rings is 1. The Morgan fingerprint density at radius 3 is 2.80 bits per heavy atom. The normalized spacial score (nSPS) is 29.9. The van der Waals surface area contributed by atoms with Crippen molar-refractivity contribution in [3.63, 3.8) is 0 Å². The van der Waals surface area contributed by atoms with Gasteiger partial charge in [0.15, 0.2) is 0 Å². The summed E-state index contributed by atoms with van der Waals surface area (Å²) < 4.78 is 13.1. The number of fused-ring (bicyclic) bond motifs is 2. The maximum atomic E-state index is 13.1. The van der Waals surface area contributed by atoms with E-state index in [0.717, 1.165) is 29.7 Å². The van der Waals surface area contributed by atoms with E-state index in [1.165, 1.54) is 44.2 Å². The summed E-state index contributed by atoms with van der Waals surface area (Å²) in [4.78, 5) is 0. The molecule has 2 aliphatic rings. The molecule has 4 unspecified atom stereocenters. The molecule has 2 aliphatic carbocycles. The quantitative estimate of drug-likeness (QED) is 0.847. The maximum absolute atomic E-state index is 13.1. The van der Waals surface area contributed by atoms with Crippen molar-refractivity contribution in [3.05, 3.63) is 34.6 Å². The van der Waals surface area contributed by atoms with Crippen molar-refractivity contribution in [2.45, 2.75) is 44.6 Å². The van der Waals surface area contributed by atoms with Crippen LogP contribution in [0.3, 0.4) is 0 Å². The van der Waals surface area contributed by atoms with Crippen LogP contribution < -0.4 is 5.32 Å². The second-order valence-corrected chi connectivity index (χ2v) is 7.00. The molecule has 20 heavy (non-hydrogen) atoms. The number of nitrogens with one attached hydrogen (secondary N) is 1. The van der Waals surface area contributed by atoms with Gasteiger partial charge < -0.3 is 5.32 Å². The first-order valence-electron chi connectivity index (χ1n) is 7.77. The molecule has 1 N–H and O–H groups in total. The van der Waals surface area contributed by atoms with Gasteiger partial charge in [-0.15, -0.1) is 0 Å². The summed E-state index contributed by atoms with van der Waals surface area (Å²) in [6.45, 7) is 0. The van der Waals surface area contributed by atoms with Gasteiger partial charge in [0.05, 0.1) is 0 Å². The van der Waals surface area contributed by atoms with Crippen LogP contribution in [-0.4, -0.2) is 13.1 Å². The van der Waals surface area contributed by atoms with Crippen molar-refractivity contribution in [2.75, 3.05) is 7.05 Å². The van der Waals surface area contributed by atoms with Gasteiger partial charge in [0.2, 0.25) is 0 Å². The predicted molar refractivity (Wildman–Crippen MR) is 81.5 cm³/mol. The minimum Gasteiger partial charge on any atom is -0.317 e. The van der Waals surface area contributed by atoms with Crippen molar-refractivity contribution >= 4 is 11.6 Å². The van der Waals surface area contributed by atoms with Gasteiger partial charge in [-0.25, -0.2) is 4.39 Å².